The van der Waals surface area contributed by atoms with Gasteiger partial charge in [0.25, 0.3) is 0 Å². The molecule has 0 N–H and O–H groups in total. The summed E-state index contributed by atoms with van der Waals surface area (Å²) in [5.41, 5.74) is 17.7. The molecule has 0 heteroatoms. The Labute approximate surface area is 460 Å². The van der Waals surface area contributed by atoms with E-state index in [1.807, 2.05) is 0 Å². The molecule has 364 valence electrons. The standard InChI is InChI=1S/C80H44/c1-4-15-45(16-5-1)48-23-12-25-52(39-48)72-70-43-68-56-28-14-27-55-54(47-19-8-3-9-20-47)29-30-61(74(55)56)69(68)44-71(70)73(53-26-13-24-49(40-53)46-17-6-2-7-18-46)80-65-38-36-60-58-32-34-63-67-42-51-22-11-10-21-50(51)41-66(67)62-33-31-57(75(58)77(62)63)59-35-37-64(79(72)80)78(65)76(59)60/h1-44H. The summed E-state index contributed by atoms with van der Waals surface area (Å²) in [6.45, 7) is 0. The molecule has 1 aliphatic carbocycles. The van der Waals surface area contributed by atoms with Gasteiger partial charge >= 0.3 is 0 Å². The zero-order chi connectivity index (χ0) is 51.9. The van der Waals surface area contributed by atoms with Crippen molar-refractivity contribution in [2.75, 3.05) is 0 Å². The van der Waals surface area contributed by atoms with Gasteiger partial charge in [0, 0.05) is 0 Å². The Balaban J connectivity index is 0.990. The number of hydrogen-bond acceptors (Lipinski definition) is 0. The molecule has 18 aromatic rings. The molecule has 80 heavy (non-hydrogen) atoms. The fourth-order valence-electron chi connectivity index (χ4n) is 15.3. The molecule has 0 aromatic heterocycles. The molecule has 0 unspecified atom stereocenters. The lowest BCUT2D eigenvalue weighted by Crippen LogP contribution is -1.91. The van der Waals surface area contributed by atoms with Crippen molar-refractivity contribution in [2.24, 2.45) is 0 Å². The highest BCUT2D eigenvalue weighted by Crippen LogP contribution is 2.58. The predicted molar refractivity (Wildman–Crippen MR) is 344 cm³/mol. The maximum Gasteiger partial charge on any atom is -0.000740 e. The second-order valence-electron chi connectivity index (χ2n) is 22.5. The summed E-state index contributed by atoms with van der Waals surface area (Å²) in [6, 6.07) is 102. The second-order valence-corrected chi connectivity index (χ2v) is 22.5. The fraction of sp³-hybridized carbons (Fsp3) is 0. The molecule has 19 rings (SSSR count). The lowest BCUT2D eigenvalue weighted by Gasteiger charge is -2.18. The van der Waals surface area contributed by atoms with E-state index in [4.69, 9.17) is 0 Å². The minimum atomic E-state index is 1.21. The lowest BCUT2D eigenvalue weighted by molar-refractivity contribution is 1.61. The van der Waals surface area contributed by atoms with Gasteiger partial charge in [0.2, 0.25) is 0 Å². The quantitative estimate of drug-likeness (QED) is 0.119. The third-order valence-electron chi connectivity index (χ3n) is 18.6. The second kappa shape index (κ2) is 15.6. The van der Waals surface area contributed by atoms with Crippen LogP contribution in [0.2, 0.25) is 0 Å². The highest BCUT2D eigenvalue weighted by molar-refractivity contribution is 6.48. The molecule has 0 saturated heterocycles. The van der Waals surface area contributed by atoms with Crippen LogP contribution in [0.3, 0.4) is 0 Å². The van der Waals surface area contributed by atoms with Crippen molar-refractivity contribution in [2.45, 2.75) is 0 Å². The van der Waals surface area contributed by atoms with Crippen LogP contribution in [0.15, 0.2) is 267 Å². The largest absolute Gasteiger partial charge is 0.0622 e. The first-order valence-corrected chi connectivity index (χ1v) is 28.1. The summed E-state index contributed by atoms with van der Waals surface area (Å²) in [4.78, 5) is 0. The van der Waals surface area contributed by atoms with Crippen molar-refractivity contribution in [3.63, 3.8) is 0 Å². The minimum Gasteiger partial charge on any atom is -0.0622 e. The summed E-state index contributed by atoms with van der Waals surface area (Å²) < 4.78 is 0. The van der Waals surface area contributed by atoms with Crippen molar-refractivity contribution < 1.29 is 0 Å². The zero-order valence-electron chi connectivity index (χ0n) is 43.4. The molecule has 0 amide bonds. The van der Waals surface area contributed by atoms with Gasteiger partial charge in [0.05, 0.1) is 0 Å². The van der Waals surface area contributed by atoms with E-state index in [2.05, 4.69) is 267 Å². The van der Waals surface area contributed by atoms with Gasteiger partial charge in [0.15, 0.2) is 0 Å². The normalized spacial score (nSPS) is 12.5. The molecule has 18 aromatic carbocycles. The SMILES string of the molecule is c1ccc(-c2cccc(-c3c4cc5c(cc4c(-c4cccc(-c6ccccc6)c4)c4c6ccc7c8ccc9c%10c(ccc(c%11ccc(c34)c6c%117)c%108)-c3cc4ccccc4cc3-9)c3ccc(-c4ccccc4)c4cccc5c43)c2)cc1. The van der Waals surface area contributed by atoms with Crippen LogP contribution in [0, 0.1) is 0 Å². The van der Waals surface area contributed by atoms with Gasteiger partial charge in [-0.3, -0.25) is 0 Å². The summed E-state index contributed by atoms with van der Waals surface area (Å²) in [7, 11) is 0. The molecule has 0 bridgehead atoms. The van der Waals surface area contributed by atoms with Crippen molar-refractivity contribution in [3.05, 3.63) is 267 Å². The zero-order valence-corrected chi connectivity index (χ0v) is 43.4. The van der Waals surface area contributed by atoms with E-state index in [9.17, 15) is 0 Å². The van der Waals surface area contributed by atoms with Gasteiger partial charge in [-0.1, -0.05) is 231 Å². The van der Waals surface area contributed by atoms with Crippen molar-refractivity contribution in [1.29, 1.82) is 0 Å². The smallest absolute Gasteiger partial charge is 0.000740 e. The van der Waals surface area contributed by atoms with E-state index in [1.165, 1.54) is 196 Å². The topological polar surface area (TPSA) is 0 Å². The number of benzene rings is 16. The molecule has 0 heterocycles. The molecule has 0 atom stereocenters. The van der Waals surface area contributed by atoms with E-state index in [0.29, 0.717) is 0 Å². The van der Waals surface area contributed by atoms with Crippen LogP contribution < -0.4 is 0 Å². The third-order valence-corrected chi connectivity index (χ3v) is 18.6. The van der Waals surface area contributed by atoms with Crippen molar-refractivity contribution in [1.82, 2.24) is 0 Å². The summed E-state index contributed by atoms with van der Waals surface area (Å²) >= 11 is 0. The van der Waals surface area contributed by atoms with Crippen LogP contribution in [0.4, 0.5) is 0 Å². The maximum absolute atomic E-state index is 2.58. The molecule has 0 saturated carbocycles. The van der Waals surface area contributed by atoms with Crippen LogP contribution >= 0.6 is 0 Å². The predicted octanol–water partition coefficient (Wildman–Crippen LogP) is 22.7. The Hall–Kier alpha value is -10.4. The maximum atomic E-state index is 2.58. The molecular formula is C80H44. The van der Waals surface area contributed by atoms with Crippen LogP contribution in [0.5, 0.6) is 0 Å². The van der Waals surface area contributed by atoms with E-state index in [1.54, 1.807) is 0 Å². The van der Waals surface area contributed by atoms with Crippen LogP contribution in [-0.2, 0) is 0 Å². The third kappa shape index (κ3) is 5.59. The van der Waals surface area contributed by atoms with Gasteiger partial charge in [-0.2, -0.15) is 0 Å². The molecular weight excluding hydrogens is 961 g/mol. The highest BCUT2D eigenvalue weighted by atomic mass is 14.3. The van der Waals surface area contributed by atoms with Crippen molar-refractivity contribution in [3.8, 4) is 77.9 Å². The molecule has 0 radical (unpaired) electrons. The van der Waals surface area contributed by atoms with E-state index in [-0.39, 0.29) is 0 Å². The molecule has 1 aliphatic rings. The van der Waals surface area contributed by atoms with Gasteiger partial charge in [-0.25, -0.2) is 0 Å². The summed E-state index contributed by atoms with van der Waals surface area (Å²) in [5.74, 6) is 0. The van der Waals surface area contributed by atoms with Crippen molar-refractivity contribution >= 4 is 118 Å². The molecule has 0 nitrogen and oxygen atoms in total. The van der Waals surface area contributed by atoms with Crippen LogP contribution in [0.25, 0.3) is 196 Å². The first-order valence-electron chi connectivity index (χ1n) is 28.1. The number of fused-ring (bicyclic) bond motifs is 13. The lowest BCUT2D eigenvalue weighted by atomic mass is 9.84. The monoisotopic (exact) mass is 1000 g/mol. The number of rotatable bonds is 5. The summed E-state index contributed by atoms with van der Waals surface area (Å²) in [5, 5.41) is 28.8. The highest BCUT2D eigenvalue weighted by Gasteiger charge is 2.30. The fourth-order valence-corrected chi connectivity index (χ4v) is 15.3. The number of hydrogen-bond donors (Lipinski definition) is 0. The average molecular weight is 1010 g/mol. The Morgan fingerprint density at radius 2 is 0.500 bits per heavy atom. The van der Waals surface area contributed by atoms with Crippen LogP contribution in [0.1, 0.15) is 0 Å². The Morgan fingerprint density at radius 1 is 0.138 bits per heavy atom. The van der Waals surface area contributed by atoms with E-state index in [0.717, 1.165) is 0 Å². The Morgan fingerprint density at radius 3 is 1.02 bits per heavy atom. The average Bonchev–Trinajstić information content (AvgIpc) is 4.24. The van der Waals surface area contributed by atoms with Gasteiger partial charge in [0.1, 0.15) is 0 Å². The first kappa shape index (κ1) is 42.7. The Kier molecular flexibility index (Phi) is 8.34. The molecule has 0 spiro atoms. The van der Waals surface area contributed by atoms with Gasteiger partial charge in [-0.15, -0.1) is 0 Å². The van der Waals surface area contributed by atoms with Gasteiger partial charge < -0.3 is 0 Å². The van der Waals surface area contributed by atoms with Gasteiger partial charge in [-0.05, 0) is 233 Å². The molecule has 0 fully saturated rings. The van der Waals surface area contributed by atoms with E-state index >= 15 is 0 Å². The molecule has 0 aliphatic heterocycles. The Bertz CT molecular complexity index is 5390. The minimum absolute atomic E-state index is 1.21. The van der Waals surface area contributed by atoms with Crippen LogP contribution in [-0.4, -0.2) is 0 Å². The van der Waals surface area contributed by atoms with E-state index < -0.39 is 0 Å². The summed E-state index contributed by atoms with van der Waals surface area (Å²) in [6.07, 6.45) is 0. The first-order chi connectivity index (χ1) is 39.7.